The Bertz CT molecular complexity index is 237. The molecule has 4 nitrogen and oxygen atoms in total. The highest BCUT2D eigenvalue weighted by atomic mass is 32.1. The van der Waals surface area contributed by atoms with Crippen LogP contribution in [0.1, 0.15) is 10.5 Å². The normalized spacial score (nSPS) is 9.00. The molecular weight excluding hydrogens is 128 g/mol. The zero-order chi connectivity index (χ0) is 5.98. The number of aldehydes is 1. The second-order valence-electron chi connectivity index (χ2n) is 1.10. The average molecular weight is 130 g/mol. The van der Waals surface area contributed by atoms with Gasteiger partial charge in [0.25, 0.3) is 4.74 Å². The predicted octanol–water partition coefficient (Wildman–Crippen LogP) is -0.356. The summed E-state index contributed by atoms with van der Waals surface area (Å²) in [6, 6.07) is 0. The largest absolute Gasteiger partial charge is 0.296 e. The summed E-state index contributed by atoms with van der Waals surface area (Å²) in [5, 5.41) is 3.35. The molecule has 1 N–H and O–H groups in total. The van der Waals surface area contributed by atoms with Crippen molar-refractivity contribution in [2.24, 2.45) is 0 Å². The second-order valence-corrected chi connectivity index (χ2v) is 1.85. The lowest BCUT2D eigenvalue weighted by Gasteiger charge is -1.63. The first-order valence-corrected chi connectivity index (χ1v) is 2.65. The maximum absolute atomic E-state index is 10.3. The van der Waals surface area contributed by atoms with Crippen LogP contribution in [0.15, 0.2) is 4.79 Å². The molecule has 0 spiro atoms. The fourth-order valence-corrected chi connectivity index (χ4v) is 0.711. The summed E-state index contributed by atoms with van der Waals surface area (Å²) in [6.07, 6.45) is 0.426. The molecule has 0 atom stereocenters. The molecule has 0 aliphatic carbocycles. The van der Waals surface area contributed by atoms with Crippen LogP contribution in [0.5, 0.6) is 0 Å². The van der Waals surface area contributed by atoms with Crippen LogP contribution in [-0.2, 0) is 0 Å². The first kappa shape index (κ1) is 5.17. The monoisotopic (exact) mass is 130 g/mol. The quantitative estimate of drug-likeness (QED) is 0.528. The van der Waals surface area contributed by atoms with Crippen molar-refractivity contribution in [3.8, 4) is 0 Å². The second kappa shape index (κ2) is 1.87. The first-order chi connectivity index (χ1) is 3.84. The van der Waals surface area contributed by atoms with Crippen molar-refractivity contribution in [3.63, 3.8) is 0 Å². The maximum atomic E-state index is 10.3. The lowest BCUT2D eigenvalue weighted by Crippen LogP contribution is -1.97. The first-order valence-electron chi connectivity index (χ1n) is 1.83. The number of hydrogen-bond acceptors (Lipinski definition) is 4. The van der Waals surface area contributed by atoms with Crippen molar-refractivity contribution in [1.29, 1.82) is 0 Å². The standard InChI is InChI=1S/C3H2N2O2S/c6-1-2-3(7)8-5-4-2/h1,5H. The van der Waals surface area contributed by atoms with Gasteiger partial charge in [-0.15, -0.1) is 0 Å². The fourth-order valence-electron chi connectivity index (χ4n) is 0.286. The Kier molecular flexibility index (Phi) is 1.21. The highest BCUT2D eigenvalue weighted by Crippen LogP contribution is 1.78. The molecule has 0 bridgehead atoms. The molecule has 0 unspecified atom stereocenters. The summed E-state index contributed by atoms with van der Waals surface area (Å²) >= 11 is 0.806. The molecule has 0 amide bonds. The molecule has 0 saturated carbocycles. The number of H-pyrrole nitrogens is 1. The predicted molar refractivity (Wildman–Crippen MR) is 28.1 cm³/mol. The molecule has 8 heavy (non-hydrogen) atoms. The van der Waals surface area contributed by atoms with E-state index >= 15 is 0 Å². The highest BCUT2D eigenvalue weighted by molar-refractivity contribution is 7.03. The molecule has 0 fully saturated rings. The van der Waals surface area contributed by atoms with E-state index in [4.69, 9.17) is 0 Å². The zero-order valence-electron chi connectivity index (χ0n) is 3.75. The minimum absolute atomic E-state index is 0.0463. The average Bonchev–Trinajstić information content (AvgIpc) is 2.14. The van der Waals surface area contributed by atoms with Crippen LogP contribution < -0.4 is 4.74 Å². The molecule has 5 heteroatoms. The van der Waals surface area contributed by atoms with Crippen LogP contribution in [0, 0.1) is 0 Å². The van der Waals surface area contributed by atoms with Gasteiger partial charge >= 0.3 is 0 Å². The molecule has 1 aromatic rings. The molecule has 1 aromatic heterocycles. The van der Waals surface area contributed by atoms with Gasteiger partial charge in [-0.1, -0.05) is 0 Å². The number of nitrogens with one attached hydrogen (secondary N) is 1. The van der Waals surface area contributed by atoms with Gasteiger partial charge in [-0.2, -0.15) is 5.10 Å². The van der Waals surface area contributed by atoms with E-state index in [-0.39, 0.29) is 10.4 Å². The van der Waals surface area contributed by atoms with Gasteiger partial charge in [0, 0.05) is 11.5 Å². The fraction of sp³-hybridized carbons (Fsp3) is 0. The topological polar surface area (TPSA) is 62.8 Å². The van der Waals surface area contributed by atoms with Crippen LogP contribution in [0.2, 0.25) is 0 Å². The van der Waals surface area contributed by atoms with Crippen LogP contribution in [0.25, 0.3) is 0 Å². The zero-order valence-corrected chi connectivity index (χ0v) is 4.57. The SMILES string of the molecule is O=Cc1n[nH]sc1=O. The molecule has 1 heterocycles. The molecule has 0 aliphatic heterocycles. The molecule has 1 rings (SSSR count). The number of nitrogens with zero attached hydrogens (tertiary/aromatic N) is 1. The van der Waals surface area contributed by atoms with Crippen molar-refractivity contribution in [2.45, 2.75) is 0 Å². The summed E-state index contributed by atoms with van der Waals surface area (Å²) in [4.78, 5) is 20.2. The van der Waals surface area contributed by atoms with Gasteiger partial charge < -0.3 is 0 Å². The van der Waals surface area contributed by atoms with Crippen LogP contribution in [0.4, 0.5) is 0 Å². The van der Waals surface area contributed by atoms with E-state index in [9.17, 15) is 9.59 Å². The van der Waals surface area contributed by atoms with E-state index in [1.165, 1.54) is 0 Å². The van der Waals surface area contributed by atoms with Gasteiger partial charge in [-0.3, -0.25) is 9.59 Å². The van der Waals surface area contributed by atoms with Gasteiger partial charge in [-0.05, 0) is 0 Å². The van der Waals surface area contributed by atoms with Crippen molar-refractivity contribution in [2.75, 3.05) is 0 Å². The van der Waals surface area contributed by atoms with Crippen LogP contribution in [0.3, 0.4) is 0 Å². The summed E-state index contributed by atoms with van der Waals surface area (Å²) in [7, 11) is 0. The summed E-state index contributed by atoms with van der Waals surface area (Å²) in [5.74, 6) is 0. The number of aromatic amines is 1. The Morgan fingerprint density at radius 3 is 2.75 bits per heavy atom. The van der Waals surface area contributed by atoms with Gasteiger partial charge in [0.15, 0.2) is 12.0 Å². The third kappa shape index (κ3) is 0.671. The molecule has 0 saturated heterocycles. The van der Waals surface area contributed by atoms with Crippen molar-refractivity contribution in [3.05, 3.63) is 15.2 Å². The summed E-state index contributed by atoms with van der Waals surface area (Å²) in [5.41, 5.74) is -0.0463. The van der Waals surface area contributed by atoms with Crippen molar-refractivity contribution >= 4 is 17.8 Å². The Hall–Kier alpha value is -0.970. The third-order valence-corrected chi connectivity index (χ3v) is 1.20. The van der Waals surface area contributed by atoms with E-state index in [1.54, 1.807) is 0 Å². The Labute approximate surface area is 48.3 Å². The molecule has 42 valence electrons. The Morgan fingerprint density at radius 1 is 1.75 bits per heavy atom. The highest BCUT2D eigenvalue weighted by Gasteiger charge is 1.96. The lowest BCUT2D eigenvalue weighted by molar-refractivity contribution is 0.111. The maximum Gasteiger partial charge on any atom is 0.280 e. The number of rotatable bonds is 1. The molecule has 0 aromatic carbocycles. The molecule has 0 aliphatic rings. The van der Waals surface area contributed by atoms with Crippen LogP contribution >= 0.6 is 11.5 Å². The van der Waals surface area contributed by atoms with Gasteiger partial charge in [0.1, 0.15) is 0 Å². The number of aromatic nitrogens is 2. The lowest BCUT2D eigenvalue weighted by atomic mass is 10.6. The van der Waals surface area contributed by atoms with Crippen molar-refractivity contribution in [1.82, 2.24) is 9.59 Å². The van der Waals surface area contributed by atoms with E-state index in [0.717, 1.165) is 11.5 Å². The number of carbonyl (C=O) groups is 1. The van der Waals surface area contributed by atoms with E-state index in [0.29, 0.717) is 6.29 Å². The summed E-state index contributed by atoms with van der Waals surface area (Å²) < 4.78 is 1.98. The number of hydrogen-bond donors (Lipinski definition) is 1. The summed E-state index contributed by atoms with van der Waals surface area (Å²) in [6.45, 7) is 0. The van der Waals surface area contributed by atoms with Crippen molar-refractivity contribution < 1.29 is 4.79 Å². The molecule has 0 radical (unpaired) electrons. The van der Waals surface area contributed by atoms with Gasteiger partial charge in [0.05, 0.1) is 0 Å². The Morgan fingerprint density at radius 2 is 2.50 bits per heavy atom. The number of carbonyl (C=O) groups excluding carboxylic acids is 1. The Balaban J connectivity index is 3.30. The third-order valence-electron chi connectivity index (χ3n) is 0.625. The van der Waals surface area contributed by atoms with E-state index in [1.807, 2.05) is 0 Å². The van der Waals surface area contributed by atoms with Gasteiger partial charge in [-0.25, -0.2) is 4.49 Å². The smallest absolute Gasteiger partial charge is 0.280 e. The van der Waals surface area contributed by atoms with Gasteiger partial charge in [0.2, 0.25) is 0 Å². The van der Waals surface area contributed by atoms with E-state index < -0.39 is 0 Å². The molecular formula is C3H2N2O2S. The van der Waals surface area contributed by atoms with Crippen LogP contribution in [-0.4, -0.2) is 15.9 Å². The minimum atomic E-state index is -0.319. The minimum Gasteiger partial charge on any atom is -0.296 e. The van der Waals surface area contributed by atoms with E-state index in [2.05, 4.69) is 9.59 Å².